The molecule has 0 fully saturated rings. The average molecular weight is 382 g/mol. The molecule has 0 radical (unpaired) electrons. The highest BCUT2D eigenvalue weighted by molar-refractivity contribution is 6.04. The van der Waals surface area contributed by atoms with Gasteiger partial charge < -0.3 is 14.5 Å². The zero-order valence-corrected chi connectivity index (χ0v) is 15.6. The predicted molar refractivity (Wildman–Crippen MR) is 110 cm³/mol. The summed E-state index contributed by atoms with van der Waals surface area (Å²) in [6.07, 6.45) is 4.20. The maximum atomic E-state index is 12.5. The number of ether oxygens (including phenoxy) is 1. The van der Waals surface area contributed by atoms with E-state index >= 15 is 0 Å². The van der Waals surface area contributed by atoms with E-state index in [0.29, 0.717) is 30.0 Å². The van der Waals surface area contributed by atoms with Gasteiger partial charge in [-0.05, 0) is 48.0 Å². The molecule has 2 aromatic heterocycles. The number of carbonyl (C=O) groups is 1. The summed E-state index contributed by atoms with van der Waals surface area (Å²) in [7, 11) is 0. The van der Waals surface area contributed by atoms with Gasteiger partial charge in [-0.2, -0.15) is 5.26 Å². The Hall–Kier alpha value is -4.11. The van der Waals surface area contributed by atoms with Gasteiger partial charge in [0.15, 0.2) is 0 Å². The van der Waals surface area contributed by atoms with E-state index in [1.54, 1.807) is 30.3 Å². The fraction of sp³-hybridized carbons (Fsp3) is 0.0870. The molecule has 0 aliphatic rings. The van der Waals surface area contributed by atoms with Crippen LogP contribution in [0, 0.1) is 11.3 Å². The molecule has 4 rings (SSSR count). The lowest BCUT2D eigenvalue weighted by Gasteiger charge is -2.08. The normalized spacial score (nSPS) is 10.4. The lowest BCUT2D eigenvalue weighted by molar-refractivity contribution is 0.102. The molecule has 6 nitrogen and oxygen atoms in total. The van der Waals surface area contributed by atoms with Gasteiger partial charge in [0.1, 0.15) is 18.0 Å². The van der Waals surface area contributed by atoms with Crippen molar-refractivity contribution in [1.29, 1.82) is 5.26 Å². The highest BCUT2D eigenvalue weighted by Gasteiger charge is 2.08. The van der Waals surface area contributed by atoms with Crippen LogP contribution in [0.3, 0.4) is 0 Å². The summed E-state index contributed by atoms with van der Waals surface area (Å²) in [4.78, 5) is 17.0. The smallest absolute Gasteiger partial charge is 0.255 e. The fourth-order valence-electron chi connectivity index (χ4n) is 2.94. The highest BCUT2D eigenvalue weighted by atomic mass is 16.5. The van der Waals surface area contributed by atoms with Gasteiger partial charge in [-0.15, -0.1) is 0 Å². The van der Waals surface area contributed by atoms with Gasteiger partial charge in [-0.25, -0.2) is 4.98 Å². The van der Waals surface area contributed by atoms with Gasteiger partial charge in [0, 0.05) is 23.6 Å². The van der Waals surface area contributed by atoms with Crippen LogP contribution >= 0.6 is 0 Å². The Balaban J connectivity index is 1.40. The number of carbonyl (C=O) groups excluding carboxylic acids is 1. The van der Waals surface area contributed by atoms with Crippen molar-refractivity contribution in [3.05, 3.63) is 95.9 Å². The van der Waals surface area contributed by atoms with Crippen LogP contribution in [-0.4, -0.2) is 15.3 Å². The molecule has 2 heterocycles. The topological polar surface area (TPSA) is 79.4 Å². The molecule has 0 bridgehead atoms. The van der Waals surface area contributed by atoms with E-state index in [0.717, 1.165) is 16.9 Å². The quantitative estimate of drug-likeness (QED) is 0.541. The number of amides is 1. The van der Waals surface area contributed by atoms with Crippen LogP contribution < -0.4 is 10.1 Å². The summed E-state index contributed by atoms with van der Waals surface area (Å²) in [5, 5.41) is 11.6. The Morgan fingerprint density at radius 1 is 1.10 bits per heavy atom. The van der Waals surface area contributed by atoms with E-state index in [1.165, 1.54) is 0 Å². The molecule has 1 N–H and O–H groups in total. The van der Waals surface area contributed by atoms with Crippen molar-refractivity contribution in [3.63, 3.8) is 0 Å². The Morgan fingerprint density at radius 2 is 1.97 bits per heavy atom. The van der Waals surface area contributed by atoms with Crippen LogP contribution in [-0.2, 0) is 13.0 Å². The number of benzene rings is 2. The molecule has 0 saturated heterocycles. The summed E-state index contributed by atoms with van der Waals surface area (Å²) in [5.74, 6) is 0.371. The second-order valence-corrected chi connectivity index (χ2v) is 6.50. The minimum absolute atomic E-state index is 0.226. The molecular formula is C23H18N4O2. The number of pyridine rings is 1. The fourth-order valence-corrected chi connectivity index (χ4v) is 2.94. The monoisotopic (exact) mass is 382 g/mol. The lowest BCUT2D eigenvalue weighted by atomic mass is 10.1. The molecule has 29 heavy (non-hydrogen) atoms. The molecule has 1 amide bonds. The minimum atomic E-state index is -0.226. The molecule has 0 aliphatic carbocycles. The first-order valence-corrected chi connectivity index (χ1v) is 9.14. The third-order valence-corrected chi connectivity index (χ3v) is 4.39. The van der Waals surface area contributed by atoms with E-state index in [9.17, 15) is 4.79 Å². The molecule has 0 atom stereocenters. The van der Waals surface area contributed by atoms with E-state index in [2.05, 4.69) is 16.4 Å². The van der Waals surface area contributed by atoms with Gasteiger partial charge in [0.2, 0.25) is 0 Å². The van der Waals surface area contributed by atoms with Crippen LogP contribution in [0.4, 0.5) is 5.69 Å². The van der Waals surface area contributed by atoms with Crippen LogP contribution in [0.5, 0.6) is 5.75 Å². The van der Waals surface area contributed by atoms with Crippen molar-refractivity contribution in [1.82, 2.24) is 9.38 Å². The second kappa shape index (κ2) is 8.28. The Morgan fingerprint density at radius 3 is 2.76 bits per heavy atom. The first-order chi connectivity index (χ1) is 14.2. The van der Waals surface area contributed by atoms with Crippen molar-refractivity contribution in [3.8, 4) is 11.8 Å². The maximum absolute atomic E-state index is 12.5. The molecule has 4 aromatic rings. The number of nitriles is 1. The number of anilines is 1. The van der Waals surface area contributed by atoms with Crippen LogP contribution in [0.25, 0.3) is 5.65 Å². The molecule has 0 aliphatic heterocycles. The summed E-state index contributed by atoms with van der Waals surface area (Å²) in [6.45, 7) is 0.313. The largest absolute Gasteiger partial charge is 0.487 e. The standard InChI is InChI=1S/C23H18N4O2/c24-12-11-17-7-9-19(10-8-17)26-23(28)18-4-3-5-21(14-18)29-16-20-15-27-13-2-1-6-22(27)25-20/h1-10,13-15H,11,16H2,(H,26,28). The third kappa shape index (κ3) is 4.42. The van der Waals surface area contributed by atoms with Crippen molar-refractivity contribution < 1.29 is 9.53 Å². The van der Waals surface area contributed by atoms with E-state index in [-0.39, 0.29) is 5.91 Å². The van der Waals surface area contributed by atoms with Crippen LogP contribution in [0.15, 0.2) is 79.1 Å². The first-order valence-electron chi connectivity index (χ1n) is 9.14. The second-order valence-electron chi connectivity index (χ2n) is 6.50. The van der Waals surface area contributed by atoms with Gasteiger partial charge in [0.25, 0.3) is 5.91 Å². The van der Waals surface area contributed by atoms with Gasteiger partial charge in [-0.3, -0.25) is 4.79 Å². The van der Waals surface area contributed by atoms with Crippen LogP contribution in [0.2, 0.25) is 0 Å². The number of rotatable bonds is 6. The van der Waals surface area contributed by atoms with Gasteiger partial charge in [0.05, 0.1) is 18.2 Å². The maximum Gasteiger partial charge on any atom is 0.255 e. The molecule has 142 valence electrons. The van der Waals surface area contributed by atoms with Crippen molar-refractivity contribution in [2.45, 2.75) is 13.0 Å². The zero-order valence-electron chi connectivity index (χ0n) is 15.6. The number of nitrogens with zero attached hydrogens (tertiary/aromatic N) is 3. The predicted octanol–water partition coefficient (Wildman–Crippen LogP) is 4.23. The van der Waals surface area contributed by atoms with Crippen molar-refractivity contribution in [2.24, 2.45) is 0 Å². The number of hydrogen-bond acceptors (Lipinski definition) is 4. The van der Waals surface area contributed by atoms with Gasteiger partial charge >= 0.3 is 0 Å². The summed E-state index contributed by atoms with van der Waals surface area (Å²) in [6, 6.07) is 22.2. The van der Waals surface area contributed by atoms with Crippen molar-refractivity contribution >= 4 is 17.2 Å². The Labute approximate surface area is 168 Å². The molecule has 6 heteroatoms. The van der Waals surface area contributed by atoms with Crippen molar-refractivity contribution in [2.75, 3.05) is 5.32 Å². The molecule has 2 aromatic carbocycles. The number of hydrogen-bond donors (Lipinski definition) is 1. The third-order valence-electron chi connectivity index (χ3n) is 4.39. The number of fused-ring (bicyclic) bond motifs is 1. The summed E-state index contributed by atoms with van der Waals surface area (Å²) >= 11 is 0. The zero-order chi connectivity index (χ0) is 20.1. The average Bonchev–Trinajstić information content (AvgIpc) is 3.17. The SMILES string of the molecule is N#CCc1ccc(NC(=O)c2cccc(OCc3cn4ccccc4n3)c2)cc1. The molecular weight excluding hydrogens is 364 g/mol. The van der Waals surface area contributed by atoms with E-state index < -0.39 is 0 Å². The minimum Gasteiger partial charge on any atom is -0.487 e. The van der Waals surface area contributed by atoms with Gasteiger partial charge in [-0.1, -0.05) is 24.3 Å². The Bertz CT molecular complexity index is 1160. The summed E-state index contributed by atoms with van der Waals surface area (Å²) < 4.78 is 7.75. The molecule has 0 unspecified atom stereocenters. The lowest BCUT2D eigenvalue weighted by Crippen LogP contribution is -2.12. The first kappa shape index (κ1) is 18.3. The number of aromatic nitrogens is 2. The number of nitrogens with one attached hydrogen (secondary N) is 1. The number of imidazole rings is 1. The summed E-state index contributed by atoms with van der Waals surface area (Å²) in [5.41, 5.74) is 3.75. The highest BCUT2D eigenvalue weighted by Crippen LogP contribution is 2.17. The Kier molecular flexibility index (Phi) is 5.21. The molecule has 0 saturated carbocycles. The van der Waals surface area contributed by atoms with E-state index in [1.807, 2.05) is 53.2 Å². The van der Waals surface area contributed by atoms with E-state index in [4.69, 9.17) is 10.00 Å². The molecule has 0 spiro atoms. The van der Waals surface area contributed by atoms with Crippen LogP contribution in [0.1, 0.15) is 21.6 Å².